The highest BCUT2D eigenvalue weighted by atomic mass is 79.9. The number of hydrogen-bond acceptors (Lipinski definition) is 5. The highest BCUT2D eigenvalue weighted by Crippen LogP contribution is 2.34. The zero-order chi connectivity index (χ0) is 24.3. The average Bonchev–Trinajstić information content (AvgIpc) is 2.86. The summed E-state index contributed by atoms with van der Waals surface area (Å²) >= 11 is 3.24. The molecule has 0 aliphatic heterocycles. The molecule has 3 N–H and O–H groups in total. The van der Waals surface area contributed by atoms with Crippen molar-refractivity contribution in [3.63, 3.8) is 0 Å². The first-order valence-electron chi connectivity index (χ1n) is 10.2. The third-order valence-corrected chi connectivity index (χ3v) is 5.13. The van der Waals surface area contributed by atoms with E-state index in [1.165, 1.54) is 19.4 Å². The predicted octanol–water partition coefficient (Wildman–Crippen LogP) is 4.64. The normalized spacial score (nSPS) is 11.5. The molecule has 0 fully saturated rings. The third kappa shape index (κ3) is 6.91. The molecule has 0 aliphatic rings. The molecule has 0 heterocycles. The van der Waals surface area contributed by atoms with Gasteiger partial charge in [-0.2, -0.15) is 5.10 Å². The van der Waals surface area contributed by atoms with Crippen molar-refractivity contribution in [1.82, 2.24) is 10.7 Å². The van der Waals surface area contributed by atoms with Crippen LogP contribution >= 0.6 is 15.9 Å². The van der Waals surface area contributed by atoms with E-state index >= 15 is 0 Å². The summed E-state index contributed by atoms with van der Waals surface area (Å²) in [6, 6.07) is 21.3. The highest BCUT2D eigenvalue weighted by molar-refractivity contribution is 9.10. The van der Waals surface area contributed by atoms with E-state index in [4.69, 9.17) is 4.74 Å². The van der Waals surface area contributed by atoms with E-state index < -0.39 is 11.8 Å². The number of carbonyl (C=O) groups excluding carboxylic acids is 2. The summed E-state index contributed by atoms with van der Waals surface area (Å²) in [4.78, 5) is 25.4. The maximum atomic E-state index is 12.8. The SMILES string of the molecule is COc1cc(C=NNC(=O)/C(=C/C=C/c2ccccc2)NC(=O)c2ccccc2)cc(Br)c1O. The average molecular weight is 520 g/mol. The van der Waals surface area contributed by atoms with Gasteiger partial charge >= 0.3 is 0 Å². The Balaban J connectivity index is 1.77. The van der Waals surface area contributed by atoms with Crippen molar-refractivity contribution in [3.05, 3.63) is 112 Å². The second-order valence-corrected chi connectivity index (χ2v) is 7.78. The van der Waals surface area contributed by atoms with Gasteiger partial charge in [-0.1, -0.05) is 60.7 Å². The van der Waals surface area contributed by atoms with E-state index in [1.54, 1.807) is 48.5 Å². The van der Waals surface area contributed by atoms with E-state index in [2.05, 4.69) is 31.8 Å². The number of nitrogens with one attached hydrogen (secondary N) is 2. The number of hydrogen-bond donors (Lipinski definition) is 3. The summed E-state index contributed by atoms with van der Waals surface area (Å²) < 4.78 is 5.52. The first kappa shape index (κ1) is 24.5. The van der Waals surface area contributed by atoms with E-state index in [1.807, 2.05) is 36.4 Å². The van der Waals surface area contributed by atoms with Gasteiger partial charge in [-0.3, -0.25) is 9.59 Å². The molecule has 3 aromatic carbocycles. The zero-order valence-corrected chi connectivity index (χ0v) is 19.8. The lowest BCUT2D eigenvalue weighted by Gasteiger charge is -2.08. The summed E-state index contributed by atoms with van der Waals surface area (Å²) in [5, 5.41) is 16.5. The molecular weight excluding hydrogens is 498 g/mol. The summed E-state index contributed by atoms with van der Waals surface area (Å²) in [6.07, 6.45) is 6.37. The largest absolute Gasteiger partial charge is 0.503 e. The van der Waals surface area contributed by atoms with Crippen LogP contribution in [0.15, 0.2) is 100 Å². The van der Waals surface area contributed by atoms with Crippen LogP contribution < -0.4 is 15.5 Å². The molecule has 7 nitrogen and oxygen atoms in total. The van der Waals surface area contributed by atoms with Crippen molar-refractivity contribution in [2.45, 2.75) is 0 Å². The number of benzene rings is 3. The second kappa shape index (κ2) is 12.2. The number of halogens is 1. The molecular formula is C26H22BrN3O4. The van der Waals surface area contributed by atoms with Crippen molar-refractivity contribution in [2.75, 3.05) is 7.11 Å². The van der Waals surface area contributed by atoms with Crippen LogP contribution in [0.4, 0.5) is 0 Å². The van der Waals surface area contributed by atoms with Gasteiger partial charge in [0.15, 0.2) is 11.5 Å². The van der Waals surface area contributed by atoms with Crippen LogP contribution in [0, 0.1) is 0 Å². The standard InChI is InChI=1S/C26H22BrN3O4/c1-34-23-16-19(15-21(27)24(23)31)17-28-30-26(33)22(14-8-11-18-9-4-2-5-10-18)29-25(32)20-12-6-3-7-13-20/h2-17,31H,1H3,(H,29,32)(H,30,33)/b11-8+,22-14-,28-17?. The Hall–Kier alpha value is -4.17. The number of phenolic OH excluding ortho intramolecular Hbond substituents is 1. The zero-order valence-electron chi connectivity index (χ0n) is 18.2. The molecule has 0 aromatic heterocycles. The number of hydrazone groups is 1. The minimum Gasteiger partial charge on any atom is -0.503 e. The molecule has 0 saturated carbocycles. The molecule has 0 aliphatic carbocycles. The molecule has 0 atom stereocenters. The number of carbonyl (C=O) groups is 2. The minimum atomic E-state index is -0.608. The molecule has 8 heteroatoms. The van der Waals surface area contributed by atoms with Crippen molar-refractivity contribution >= 4 is 40.0 Å². The van der Waals surface area contributed by atoms with Crippen LogP contribution in [0.2, 0.25) is 0 Å². The van der Waals surface area contributed by atoms with Crippen LogP contribution in [0.5, 0.6) is 11.5 Å². The molecule has 34 heavy (non-hydrogen) atoms. The lowest BCUT2D eigenvalue weighted by atomic mass is 10.2. The Morgan fingerprint density at radius 3 is 2.35 bits per heavy atom. The molecule has 2 amide bonds. The summed E-state index contributed by atoms with van der Waals surface area (Å²) in [6.45, 7) is 0. The summed E-state index contributed by atoms with van der Waals surface area (Å²) in [7, 11) is 1.43. The van der Waals surface area contributed by atoms with Crippen molar-refractivity contribution in [2.24, 2.45) is 5.10 Å². The number of phenols is 1. The van der Waals surface area contributed by atoms with Crippen LogP contribution in [-0.4, -0.2) is 30.2 Å². The molecule has 0 unspecified atom stereocenters. The van der Waals surface area contributed by atoms with Crippen molar-refractivity contribution < 1.29 is 19.4 Å². The van der Waals surface area contributed by atoms with Crippen molar-refractivity contribution in [3.8, 4) is 11.5 Å². The molecule has 3 rings (SSSR count). The number of aromatic hydroxyl groups is 1. The Labute approximate surface area is 205 Å². The highest BCUT2D eigenvalue weighted by Gasteiger charge is 2.13. The molecule has 3 aromatic rings. The Kier molecular flexibility index (Phi) is 8.76. The number of ether oxygens (including phenoxy) is 1. The monoisotopic (exact) mass is 519 g/mol. The molecule has 0 saturated heterocycles. The lowest BCUT2D eigenvalue weighted by Crippen LogP contribution is -2.32. The fourth-order valence-electron chi connectivity index (χ4n) is 2.83. The smallest absolute Gasteiger partial charge is 0.287 e. The first-order valence-corrected chi connectivity index (χ1v) is 11.0. The first-order chi connectivity index (χ1) is 16.5. The van der Waals surface area contributed by atoms with E-state index in [9.17, 15) is 14.7 Å². The van der Waals surface area contributed by atoms with Crippen LogP contribution in [0.3, 0.4) is 0 Å². The van der Waals surface area contributed by atoms with Gasteiger partial charge in [0.05, 0.1) is 17.8 Å². The number of allylic oxidation sites excluding steroid dienone is 2. The topological polar surface area (TPSA) is 100 Å². The van der Waals surface area contributed by atoms with E-state index in [0.717, 1.165) is 5.56 Å². The van der Waals surface area contributed by atoms with Gasteiger partial charge in [0.2, 0.25) is 0 Å². The molecule has 0 bridgehead atoms. The fraction of sp³-hybridized carbons (Fsp3) is 0.0385. The van der Waals surface area contributed by atoms with Gasteiger partial charge < -0.3 is 15.2 Å². The molecule has 0 spiro atoms. The van der Waals surface area contributed by atoms with Crippen LogP contribution in [0.25, 0.3) is 6.08 Å². The predicted molar refractivity (Wildman–Crippen MR) is 136 cm³/mol. The summed E-state index contributed by atoms with van der Waals surface area (Å²) in [5.41, 5.74) is 4.35. The Morgan fingerprint density at radius 1 is 1.00 bits per heavy atom. The number of rotatable bonds is 8. The van der Waals surface area contributed by atoms with Gasteiger partial charge in [0.25, 0.3) is 11.8 Å². The number of amides is 2. The van der Waals surface area contributed by atoms with E-state index in [-0.39, 0.29) is 17.2 Å². The van der Waals surface area contributed by atoms with Crippen LogP contribution in [-0.2, 0) is 4.79 Å². The van der Waals surface area contributed by atoms with Crippen molar-refractivity contribution in [1.29, 1.82) is 0 Å². The molecule has 172 valence electrons. The number of nitrogens with zero attached hydrogens (tertiary/aromatic N) is 1. The van der Waals surface area contributed by atoms with Gasteiger partial charge in [0, 0.05) is 5.56 Å². The fourth-order valence-corrected chi connectivity index (χ4v) is 3.29. The minimum absolute atomic E-state index is 0.0163. The Bertz CT molecular complexity index is 1240. The van der Waals surface area contributed by atoms with Gasteiger partial charge in [-0.05, 0) is 57.4 Å². The lowest BCUT2D eigenvalue weighted by molar-refractivity contribution is -0.117. The maximum absolute atomic E-state index is 12.8. The second-order valence-electron chi connectivity index (χ2n) is 6.92. The summed E-state index contributed by atoms with van der Waals surface area (Å²) in [5.74, 6) is -0.819. The van der Waals surface area contributed by atoms with Gasteiger partial charge in [-0.15, -0.1) is 0 Å². The van der Waals surface area contributed by atoms with Gasteiger partial charge in [0.1, 0.15) is 5.70 Å². The maximum Gasteiger partial charge on any atom is 0.287 e. The van der Waals surface area contributed by atoms with Crippen LogP contribution in [0.1, 0.15) is 21.5 Å². The Morgan fingerprint density at radius 2 is 1.68 bits per heavy atom. The third-order valence-electron chi connectivity index (χ3n) is 4.53. The number of methoxy groups -OCH3 is 1. The quantitative estimate of drug-likeness (QED) is 0.174. The van der Waals surface area contributed by atoms with E-state index in [0.29, 0.717) is 15.6 Å². The molecule has 0 radical (unpaired) electrons. The van der Waals surface area contributed by atoms with Gasteiger partial charge in [-0.25, -0.2) is 5.43 Å².